The van der Waals surface area contributed by atoms with E-state index in [2.05, 4.69) is 34.2 Å². The van der Waals surface area contributed by atoms with Crippen molar-refractivity contribution in [2.24, 2.45) is 0 Å². The summed E-state index contributed by atoms with van der Waals surface area (Å²) in [4.78, 5) is 0. The molecular weight excluding hydrogens is 306 g/mol. The molecule has 1 unspecified atom stereocenters. The van der Waals surface area contributed by atoms with Crippen LogP contribution in [0.5, 0.6) is 5.75 Å². The van der Waals surface area contributed by atoms with Gasteiger partial charge in [0, 0.05) is 11.6 Å². The van der Waals surface area contributed by atoms with Crippen LogP contribution < -0.4 is 10.1 Å². The molecule has 102 valence electrons. The fraction of sp³-hybridized carbons (Fsp3) is 0.333. The van der Waals surface area contributed by atoms with Gasteiger partial charge in [0.2, 0.25) is 0 Å². The number of nitrogens with one attached hydrogen (secondary N) is 1. The molecule has 1 atom stereocenters. The molecule has 0 aliphatic carbocycles. The molecule has 0 aliphatic heterocycles. The lowest BCUT2D eigenvalue weighted by molar-refractivity contribution is 0.405. The van der Waals surface area contributed by atoms with Gasteiger partial charge in [0.1, 0.15) is 5.75 Å². The molecule has 1 aromatic carbocycles. The first-order chi connectivity index (χ1) is 9.26. The average molecular weight is 324 g/mol. The number of methoxy groups -OCH3 is 1. The van der Waals surface area contributed by atoms with Gasteiger partial charge in [0.05, 0.1) is 13.4 Å². The third-order valence-electron chi connectivity index (χ3n) is 3.09. The van der Waals surface area contributed by atoms with E-state index in [0.717, 1.165) is 28.9 Å². The molecule has 2 rings (SSSR count). The number of para-hydroxylation sites is 1. The topological polar surface area (TPSA) is 34.4 Å². The van der Waals surface area contributed by atoms with Crippen LogP contribution in [0, 0.1) is 0 Å². The van der Waals surface area contributed by atoms with E-state index in [1.807, 2.05) is 24.3 Å². The SMILES string of the molecule is CCNC(Cc1ccccc1OC)c1ccoc1Br. The fourth-order valence-electron chi connectivity index (χ4n) is 2.18. The lowest BCUT2D eigenvalue weighted by Gasteiger charge is -2.18. The van der Waals surface area contributed by atoms with Crippen LogP contribution in [0.2, 0.25) is 0 Å². The predicted octanol–water partition coefficient (Wildman–Crippen LogP) is 3.94. The molecule has 0 saturated heterocycles. The van der Waals surface area contributed by atoms with Crippen LogP contribution in [-0.4, -0.2) is 13.7 Å². The van der Waals surface area contributed by atoms with Gasteiger partial charge in [-0.05, 0) is 46.6 Å². The first-order valence-electron chi connectivity index (χ1n) is 6.34. The molecule has 1 N–H and O–H groups in total. The highest BCUT2D eigenvalue weighted by atomic mass is 79.9. The van der Waals surface area contributed by atoms with Crippen molar-refractivity contribution in [2.75, 3.05) is 13.7 Å². The van der Waals surface area contributed by atoms with Gasteiger partial charge in [-0.2, -0.15) is 0 Å². The van der Waals surface area contributed by atoms with Gasteiger partial charge in [-0.3, -0.25) is 0 Å². The zero-order valence-corrected chi connectivity index (χ0v) is 12.7. The number of hydrogen-bond acceptors (Lipinski definition) is 3. The van der Waals surface area contributed by atoms with Crippen LogP contribution in [0.1, 0.15) is 24.1 Å². The van der Waals surface area contributed by atoms with Crippen LogP contribution in [0.25, 0.3) is 0 Å². The molecule has 0 saturated carbocycles. The molecule has 1 heterocycles. The van der Waals surface area contributed by atoms with Crippen LogP contribution in [0.15, 0.2) is 45.7 Å². The van der Waals surface area contributed by atoms with E-state index in [-0.39, 0.29) is 6.04 Å². The lowest BCUT2D eigenvalue weighted by Crippen LogP contribution is -2.23. The number of halogens is 1. The van der Waals surface area contributed by atoms with E-state index in [0.29, 0.717) is 0 Å². The molecule has 1 aromatic heterocycles. The van der Waals surface area contributed by atoms with Crippen molar-refractivity contribution in [3.63, 3.8) is 0 Å². The van der Waals surface area contributed by atoms with Crippen LogP contribution in [0.3, 0.4) is 0 Å². The Morgan fingerprint density at radius 2 is 2.11 bits per heavy atom. The monoisotopic (exact) mass is 323 g/mol. The summed E-state index contributed by atoms with van der Waals surface area (Å²) in [5.74, 6) is 0.921. The summed E-state index contributed by atoms with van der Waals surface area (Å²) in [6.45, 7) is 3.00. The molecule has 0 amide bonds. The first-order valence-corrected chi connectivity index (χ1v) is 7.13. The normalized spacial score (nSPS) is 12.4. The van der Waals surface area contributed by atoms with Gasteiger partial charge in [-0.1, -0.05) is 25.1 Å². The Morgan fingerprint density at radius 1 is 1.32 bits per heavy atom. The number of rotatable bonds is 6. The number of hydrogen-bond donors (Lipinski definition) is 1. The smallest absolute Gasteiger partial charge is 0.173 e. The molecule has 4 heteroatoms. The van der Waals surface area contributed by atoms with Gasteiger partial charge < -0.3 is 14.5 Å². The van der Waals surface area contributed by atoms with Crippen LogP contribution in [-0.2, 0) is 6.42 Å². The maximum Gasteiger partial charge on any atom is 0.173 e. The average Bonchev–Trinajstić information content (AvgIpc) is 2.85. The van der Waals surface area contributed by atoms with E-state index in [4.69, 9.17) is 9.15 Å². The minimum Gasteiger partial charge on any atom is -0.496 e. The van der Waals surface area contributed by atoms with Gasteiger partial charge in [0.15, 0.2) is 4.67 Å². The van der Waals surface area contributed by atoms with E-state index in [1.54, 1.807) is 13.4 Å². The lowest BCUT2D eigenvalue weighted by atomic mass is 10.0. The zero-order chi connectivity index (χ0) is 13.7. The number of likely N-dealkylation sites (N-methyl/N-ethyl adjacent to an activating group) is 1. The number of benzene rings is 1. The van der Waals surface area contributed by atoms with E-state index in [9.17, 15) is 0 Å². The van der Waals surface area contributed by atoms with Gasteiger partial charge in [-0.15, -0.1) is 0 Å². The maximum absolute atomic E-state index is 5.41. The first kappa shape index (κ1) is 14.2. The van der Waals surface area contributed by atoms with Crippen molar-refractivity contribution in [2.45, 2.75) is 19.4 Å². The fourth-order valence-corrected chi connectivity index (χ4v) is 2.70. The van der Waals surface area contributed by atoms with Crippen molar-refractivity contribution in [1.29, 1.82) is 0 Å². The third kappa shape index (κ3) is 3.39. The Hall–Kier alpha value is -1.26. The predicted molar refractivity (Wildman–Crippen MR) is 79.5 cm³/mol. The highest BCUT2D eigenvalue weighted by molar-refractivity contribution is 9.10. The van der Waals surface area contributed by atoms with E-state index in [1.165, 1.54) is 5.56 Å². The molecule has 3 nitrogen and oxygen atoms in total. The highest BCUT2D eigenvalue weighted by Crippen LogP contribution is 2.29. The molecule has 0 aliphatic rings. The molecule has 19 heavy (non-hydrogen) atoms. The maximum atomic E-state index is 5.41. The zero-order valence-electron chi connectivity index (χ0n) is 11.2. The highest BCUT2D eigenvalue weighted by Gasteiger charge is 2.17. The molecule has 0 radical (unpaired) electrons. The minimum atomic E-state index is 0.203. The van der Waals surface area contributed by atoms with Gasteiger partial charge >= 0.3 is 0 Å². The Bertz CT molecular complexity index is 524. The summed E-state index contributed by atoms with van der Waals surface area (Å²) in [5.41, 5.74) is 2.32. The second-order valence-corrected chi connectivity index (χ2v) is 5.00. The molecule has 0 fully saturated rings. The van der Waals surface area contributed by atoms with Crippen molar-refractivity contribution in [3.8, 4) is 5.75 Å². The largest absolute Gasteiger partial charge is 0.496 e. The number of ether oxygens (including phenoxy) is 1. The second-order valence-electron chi connectivity index (χ2n) is 4.28. The van der Waals surface area contributed by atoms with Crippen LogP contribution >= 0.6 is 15.9 Å². The van der Waals surface area contributed by atoms with Crippen molar-refractivity contribution >= 4 is 15.9 Å². The summed E-state index contributed by atoms with van der Waals surface area (Å²) < 4.78 is 11.5. The third-order valence-corrected chi connectivity index (χ3v) is 3.73. The summed E-state index contributed by atoms with van der Waals surface area (Å²) in [6.07, 6.45) is 2.56. The van der Waals surface area contributed by atoms with Gasteiger partial charge in [0.25, 0.3) is 0 Å². The summed E-state index contributed by atoms with van der Waals surface area (Å²) in [6, 6.07) is 10.3. The Labute approximate surface area is 122 Å². The number of furan rings is 1. The Morgan fingerprint density at radius 3 is 2.74 bits per heavy atom. The molecule has 0 bridgehead atoms. The van der Waals surface area contributed by atoms with Crippen LogP contribution in [0.4, 0.5) is 0 Å². The molecule has 0 spiro atoms. The quantitative estimate of drug-likeness (QED) is 0.874. The standard InChI is InChI=1S/C15H18BrNO2/c1-3-17-13(12-8-9-19-15(12)16)10-11-6-4-5-7-14(11)18-2/h4-9,13,17H,3,10H2,1-2H3. The Kier molecular flexibility index (Phi) is 5.05. The van der Waals surface area contributed by atoms with E-state index < -0.39 is 0 Å². The molecule has 2 aromatic rings. The second kappa shape index (κ2) is 6.78. The molecular formula is C15H18BrNO2. The van der Waals surface area contributed by atoms with Crippen molar-refractivity contribution in [3.05, 3.63) is 52.4 Å². The van der Waals surface area contributed by atoms with Crippen molar-refractivity contribution < 1.29 is 9.15 Å². The summed E-state index contributed by atoms with van der Waals surface area (Å²) >= 11 is 3.45. The van der Waals surface area contributed by atoms with E-state index >= 15 is 0 Å². The Balaban J connectivity index is 2.24. The van der Waals surface area contributed by atoms with Gasteiger partial charge in [-0.25, -0.2) is 0 Å². The van der Waals surface area contributed by atoms with Crippen molar-refractivity contribution in [1.82, 2.24) is 5.32 Å². The minimum absolute atomic E-state index is 0.203. The summed E-state index contributed by atoms with van der Waals surface area (Å²) in [7, 11) is 1.70. The summed E-state index contributed by atoms with van der Waals surface area (Å²) in [5, 5.41) is 3.48.